The summed E-state index contributed by atoms with van der Waals surface area (Å²) in [5.41, 5.74) is 0.434. The van der Waals surface area contributed by atoms with Crippen molar-refractivity contribution in [2.45, 2.75) is 37.5 Å². The molecule has 1 aromatic carbocycles. The lowest BCUT2D eigenvalue weighted by Crippen LogP contribution is -2.31. The first kappa shape index (κ1) is 11.8. The van der Waals surface area contributed by atoms with Crippen molar-refractivity contribution < 1.29 is 14.7 Å². The van der Waals surface area contributed by atoms with Crippen LogP contribution in [0.4, 0.5) is 0 Å². The molecule has 0 saturated heterocycles. The molecule has 90 valence electrons. The Labute approximate surface area is 100 Å². The number of Topliss-reactive ketones (excluding diaryl/α,β-unsaturated/α-hetero) is 1. The molecule has 0 heterocycles. The zero-order valence-corrected chi connectivity index (χ0v) is 9.69. The first-order chi connectivity index (χ1) is 8.15. The molecule has 1 aliphatic carbocycles. The molecule has 2 rings (SSSR count). The van der Waals surface area contributed by atoms with Crippen LogP contribution in [0.1, 0.15) is 37.7 Å². The van der Waals surface area contributed by atoms with Crippen molar-refractivity contribution in [2.24, 2.45) is 0 Å². The number of benzene rings is 1. The topological polar surface area (TPSA) is 54.4 Å². The zero-order valence-electron chi connectivity index (χ0n) is 9.69. The number of rotatable bonds is 4. The van der Waals surface area contributed by atoms with Gasteiger partial charge < -0.3 is 5.11 Å². The van der Waals surface area contributed by atoms with Gasteiger partial charge in [-0.3, -0.25) is 9.59 Å². The highest BCUT2D eigenvalue weighted by molar-refractivity contribution is 5.92. The highest BCUT2D eigenvalue weighted by Crippen LogP contribution is 2.41. The van der Waals surface area contributed by atoms with Crippen molar-refractivity contribution in [1.29, 1.82) is 0 Å². The van der Waals surface area contributed by atoms with Crippen LogP contribution in [0, 0.1) is 0 Å². The van der Waals surface area contributed by atoms with Crippen molar-refractivity contribution >= 4 is 11.8 Å². The number of ketones is 1. The van der Waals surface area contributed by atoms with E-state index in [-0.39, 0.29) is 12.2 Å². The average Bonchev–Trinajstić information content (AvgIpc) is 2.70. The van der Waals surface area contributed by atoms with Gasteiger partial charge >= 0.3 is 5.97 Å². The van der Waals surface area contributed by atoms with Gasteiger partial charge in [-0.15, -0.1) is 0 Å². The van der Waals surface area contributed by atoms with E-state index in [9.17, 15) is 9.59 Å². The van der Waals surface area contributed by atoms with E-state index in [0.29, 0.717) is 12.8 Å². The highest BCUT2D eigenvalue weighted by atomic mass is 16.4. The number of carbonyl (C=O) groups excluding carboxylic acids is 1. The fourth-order valence-electron chi connectivity index (χ4n) is 2.72. The normalized spacial score (nSPS) is 23.9. The Morgan fingerprint density at radius 3 is 2.53 bits per heavy atom. The molecule has 0 amide bonds. The molecule has 1 atom stereocenters. The van der Waals surface area contributed by atoms with Crippen molar-refractivity contribution in [2.75, 3.05) is 0 Å². The van der Waals surface area contributed by atoms with Crippen molar-refractivity contribution in [1.82, 2.24) is 0 Å². The molecule has 3 nitrogen and oxygen atoms in total. The summed E-state index contributed by atoms with van der Waals surface area (Å²) in [6, 6.07) is 9.59. The molecule has 1 saturated carbocycles. The number of aliphatic carboxylic acids is 1. The van der Waals surface area contributed by atoms with Crippen molar-refractivity contribution in [3.8, 4) is 0 Å². The fourth-order valence-corrected chi connectivity index (χ4v) is 2.72. The summed E-state index contributed by atoms with van der Waals surface area (Å²) in [5, 5.41) is 8.81. The predicted molar refractivity (Wildman–Crippen MR) is 63.8 cm³/mol. The minimum Gasteiger partial charge on any atom is -0.481 e. The standard InChI is InChI=1S/C14H16O3/c15-12-7-4-9-14(12,10-8-13(16)17)11-5-2-1-3-6-11/h1-3,5-6H,4,7-10H2,(H,16,17)/t14-/m1/s1. The van der Waals surface area contributed by atoms with Crippen LogP contribution in [0.2, 0.25) is 0 Å². The molecule has 3 heteroatoms. The van der Waals surface area contributed by atoms with Crippen molar-refractivity contribution in [3.63, 3.8) is 0 Å². The van der Waals surface area contributed by atoms with Crippen LogP contribution in [-0.4, -0.2) is 16.9 Å². The molecule has 0 bridgehead atoms. The molecule has 0 aromatic heterocycles. The smallest absolute Gasteiger partial charge is 0.303 e. The van der Waals surface area contributed by atoms with Gasteiger partial charge in [0.1, 0.15) is 5.78 Å². The van der Waals surface area contributed by atoms with Crippen molar-refractivity contribution in [3.05, 3.63) is 35.9 Å². The maximum absolute atomic E-state index is 12.1. The Bertz CT molecular complexity index is 424. The lowest BCUT2D eigenvalue weighted by molar-refractivity contribution is -0.137. The third-order valence-electron chi connectivity index (χ3n) is 3.63. The van der Waals surface area contributed by atoms with Gasteiger partial charge in [-0.2, -0.15) is 0 Å². The number of hydrogen-bond acceptors (Lipinski definition) is 2. The van der Waals surface area contributed by atoms with Crippen LogP contribution >= 0.6 is 0 Å². The number of carboxylic acid groups (broad SMARTS) is 1. The van der Waals surface area contributed by atoms with Gasteiger partial charge in [0, 0.05) is 12.8 Å². The molecule has 0 radical (unpaired) electrons. The molecular weight excluding hydrogens is 216 g/mol. The predicted octanol–water partition coefficient (Wildman–Crippen LogP) is 2.54. The van der Waals surface area contributed by atoms with E-state index < -0.39 is 11.4 Å². The SMILES string of the molecule is O=C(O)CC[C@@]1(c2ccccc2)CCCC1=O. The second-order valence-corrected chi connectivity index (χ2v) is 4.62. The molecule has 0 aliphatic heterocycles. The Morgan fingerprint density at radius 2 is 2.00 bits per heavy atom. The van der Waals surface area contributed by atoms with E-state index in [1.54, 1.807) is 0 Å². The molecule has 1 aliphatic rings. The summed E-state index contributed by atoms with van der Waals surface area (Å²) in [6.45, 7) is 0. The summed E-state index contributed by atoms with van der Waals surface area (Å²) < 4.78 is 0. The van der Waals surface area contributed by atoms with Gasteiger partial charge in [-0.25, -0.2) is 0 Å². The summed E-state index contributed by atoms with van der Waals surface area (Å²) >= 11 is 0. The number of hydrogen-bond donors (Lipinski definition) is 1. The van der Waals surface area contributed by atoms with E-state index in [2.05, 4.69) is 0 Å². The molecule has 1 aromatic rings. The Kier molecular flexibility index (Phi) is 3.27. The van der Waals surface area contributed by atoms with Crippen LogP contribution in [0.5, 0.6) is 0 Å². The van der Waals surface area contributed by atoms with Crippen LogP contribution < -0.4 is 0 Å². The second kappa shape index (κ2) is 4.70. The zero-order chi connectivity index (χ0) is 12.3. The molecule has 17 heavy (non-hydrogen) atoms. The van der Waals surface area contributed by atoms with Gasteiger partial charge in [0.05, 0.1) is 5.41 Å². The van der Waals surface area contributed by atoms with E-state index in [4.69, 9.17) is 5.11 Å². The molecule has 1 fully saturated rings. The second-order valence-electron chi connectivity index (χ2n) is 4.62. The maximum atomic E-state index is 12.1. The fraction of sp³-hybridized carbons (Fsp3) is 0.429. The molecule has 0 unspecified atom stereocenters. The first-order valence-corrected chi connectivity index (χ1v) is 5.96. The third kappa shape index (κ3) is 2.23. The van der Waals surface area contributed by atoms with Gasteiger partial charge in [-0.1, -0.05) is 30.3 Å². The average molecular weight is 232 g/mol. The molecule has 1 N–H and O–H groups in total. The van der Waals surface area contributed by atoms with E-state index in [0.717, 1.165) is 18.4 Å². The van der Waals surface area contributed by atoms with Gasteiger partial charge in [0.25, 0.3) is 0 Å². The Morgan fingerprint density at radius 1 is 1.29 bits per heavy atom. The van der Waals surface area contributed by atoms with Crippen LogP contribution in [0.15, 0.2) is 30.3 Å². The first-order valence-electron chi connectivity index (χ1n) is 5.96. The summed E-state index contributed by atoms with van der Waals surface area (Å²) in [7, 11) is 0. The quantitative estimate of drug-likeness (QED) is 0.867. The maximum Gasteiger partial charge on any atom is 0.303 e. The van der Waals surface area contributed by atoms with Crippen LogP contribution in [-0.2, 0) is 15.0 Å². The number of carboxylic acids is 1. The summed E-state index contributed by atoms with van der Waals surface area (Å²) in [6.07, 6.45) is 2.71. The van der Waals surface area contributed by atoms with Gasteiger partial charge in [-0.05, 0) is 24.8 Å². The summed E-state index contributed by atoms with van der Waals surface area (Å²) in [5.74, 6) is -0.634. The lowest BCUT2D eigenvalue weighted by Gasteiger charge is -2.27. The monoisotopic (exact) mass is 232 g/mol. The van der Waals surface area contributed by atoms with E-state index in [1.807, 2.05) is 30.3 Å². The molecular formula is C14H16O3. The minimum atomic E-state index is -0.833. The lowest BCUT2D eigenvalue weighted by atomic mass is 9.74. The summed E-state index contributed by atoms with van der Waals surface area (Å²) in [4.78, 5) is 22.8. The van der Waals surface area contributed by atoms with E-state index >= 15 is 0 Å². The highest BCUT2D eigenvalue weighted by Gasteiger charge is 2.43. The van der Waals surface area contributed by atoms with Crippen LogP contribution in [0.3, 0.4) is 0 Å². The number of carbonyl (C=O) groups is 2. The van der Waals surface area contributed by atoms with Gasteiger partial charge in [0.15, 0.2) is 0 Å². The van der Waals surface area contributed by atoms with Crippen LogP contribution in [0.25, 0.3) is 0 Å². The Balaban J connectivity index is 2.31. The van der Waals surface area contributed by atoms with Gasteiger partial charge in [0.2, 0.25) is 0 Å². The minimum absolute atomic E-state index is 0.0562. The largest absolute Gasteiger partial charge is 0.481 e. The Hall–Kier alpha value is -1.64. The van der Waals surface area contributed by atoms with E-state index in [1.165, 1.54) is 0 Å². The molecule has 0 spiro atoms. The third-order valence-corrected chi connectivity index (χ3v) is 3.63.